The van der Waals surface area contributed by atoms with Gasteiger partial charge in [-0.1, -0.05) is 0 Å². The molecule has 8 heteroatoms. The number of nitrogens with zero attached hydrogens (tertiary/aromatic N) is 4. The van der Waals surface area contributed by atoms with Crippen LogP contribution in [0.5, 0.6) is 0 Å². The van der Waals surface area contributed by atoms with Gasteiger partial charge in [0.05, 0.1) is 22.1 Å². The second-order valence-corrected chi connectivity index (χ2v) is 4.06. The number of aromatic amines is 1. The Morgan fingerprint density at radius 1 is 1.50 bits per heavy atom. The predicted molar refractivity (Wildman–Crippen MR) is 65.3 cm³/mol. The largest absolute Gasteiger partial charge is 0.383 e. The fourth-order valence-corrected chi connectivity index (χ4v) is 1.57. The van der Waals surface area contributed by atoms with Gasteiger partial charge >= 0.3 is 0 Å². The molecule has 0 radical (unpaired) electrons. The Hall–Kier alpha value is -1.29. The average molecular weight is 332 g/mol. The summed E-state index contributed by atoms with van der Waals surface area (Å²) in [6, 6.07) is 0. The molecule has 2 heterocycles. The molecule has 84 valence electrons. The lowest BCUT2D eigenvalue weighted by molar-refractivity contribution is 0.181. The van der Waals surface area contributed by atoms with E-state index < -0.39 is 0 Å². The molecule has 0 spiro atoms. The minimum Gasteiger partial charge on any atom is -0.383 e. The number of H-pyrrole nitrogens is 1. The van der Waals surface area contributed by atoms with Crippen molar-refractivity contribution in [3.8, 4) is 11.5 Å². The first-order valence-corrected chi connectivity index (χ1v) is 5.47. The van der Waals surface area contributed by atoms with E-state index in [1.807, 2.05) is 0 Å². The molecule has 0 aliphatic rings. The maximum Gasteiger partial charge on any atom is 0.184 e. The van der Waals surface area contributed by atoms with Crippen LogP contribution >= 0.6 is 22.6 Å². The van der Waals surface area contributed by atoms with Gasteiger partial charge in [0.1, 0.15) is 11.5 Å². The molecule has 16 heavy (non-hydrogen) atoms. The maximum atomic E-state index is 5.79. The van der Waals surface area contributed by atoms with Gasteiger partial charge in [-0.25, -0.2) is 9.97 Å². The first-order chi connectivity index (χ1) is 7.72. The average Bonchev–Trinajstić information content (AvgIpc) is 2.78. The summed E-state index contributed by atoms with van der Waals surface area (Å²) in [7, 11) is 1.60. The van der Waals surface area contributed by atoms with E-state index in [4.69, 9.17) is 10.5 Å². The summed E-state index contributed by atoms with van der Waals surface area (Å²) in [5, 5.41) is 10.1. The Morgan fingerprint density at radius 3 is 2.94 bits per heavy atom. The van der Waals surface area contributed by atoms with Crippen LogP contribution in [0.15, 0.2) is 6.20 Å². The first kappa shape index (κ1) is 11.2. The van der Waals surface area contributed by atoms with E-state index in [2.05, 4.69) is 48.0 Å². The molecule has 0 amide bonds. The Morgan fingerprint density at radius 2 is 2.31 bits per heavy atom. The highest BCUT2D eigenvalue weighted by Crippen LogP contribution is 2.20. The van der Waals surface area contributed by atoms with Crippen LogP contribution in [0.1, 0.15) is 5.69 Å². The number of hydrogen-bond acceptors (Lipinski definition) is 6. The zero-order valence-corrected chi connectivity index (χ0v) is 10.6. The monoisotopic (exact) mass is 332 g/mol. The van der Waals surface area contributed by atoms with Crippen molar-refractivity contribution in [2.45, 2.75) is 6.61 Å². The molecule has 0 aromatic carbocycles. The number of nitrogens with one attached hydrogen (secondary N) is 1. The summed E-state index contributed by atoms with van der Waals surface area (Å²) in [6.07, 6.45) is 1.54. The number of ether oxygens (including phenoxy) is 1. The molecule has 2 aromatic rings. The topological polar surface area (TPSA) is 103 Å². The number of anilines is 1. The number of nitrogens with two attached hydrogens (primary N) is 1. The minimum atomic E-state index is 0.385. The van der Waals surface area contributed by atoms with E-state index in [9.17, 15) is 0 Å². The van der Waals surface area contributed by atoms with Gasteiger partial charge in [0.15, 0.2) is 5.82 Å². The van der Waals surface area contributed by atoms with E-state index in [1.165, 1.54) is 6.20 Å². The Bertz CT molecular complexity index is 486. The van der Waals surface area contributed by atoms with Crippen LogP contribution in [-0.4, -0.2) is 32.5 Å². The van der Waals surface area contributed by atoms with Crippen molar-refractivity contribution in [1.29, 1.82) is 0 Å². The third-order valence-electron chi connectivity index (χ3n) is 1.87. The van der Waals surface area contributed by atoms with Crippen LogP contribution in [0, 0.1) is 3.57 Å². The lowest BCUT2D eigenvalue weighted by Gasteiger charge is -2.06. The number of nitrogen functional groups attached to an aromatic ring is 1. The summed E-state index contributed by atoms with van der Waals surface area (Å²) in [5.74, 6) is 0.861. The van der Waals surface area contributed by atoms with Gasteiger partial charge in [0.2, 0.25) is 0 Å². The third-order valence-corrected chi connectivity index (χ3v) is 3.05. The van der Waals surface area contributed by atoms with Crippen molar-refractivity contribution in [3.63, 3.8) is 0 Å². The van der Waals surface area contributed by atoms with Gasteiger partial charge in [-0.15, -0.1) is 0 Å². The highest BCUT2D eigenvalue weighted by molar-refractivity contribution is 14.1. The van der Waals surface area contributed by atoms with Crippen molar-refractivity contribution >= 4 is 28.4 Å². The van der Waals surface area contributed by atoms with Gasteiger partial charge in [-0.2, -0.15) is 15.4 Å². The molecular weight excluding hydrogens is 323 g/mol. The molecule has 7 nitrogen and oxygen atoms in total. The van der Waals surface area contributed by atoms with Crippen molar-refractivity contribution in [1.82, 2.24) is 25.4 Å². The van der Waals surface area contributed by atoms with E-state index >= 15 is 0 Å². The standard InChI is InChI=1S/C8H9IN6O/c1-16-3-5-6(9)7(10)13-8(12-5)4-2-11-15-14-4/h2H,3H2,1H3,(H2,10,12,13)(H,11,14,15). The first-order valence-electron chi connectivity index (χ1n) is 4.39. The highest BCUT2D eigenvalue weighted by Gasteiger charge is 2.12. The number of halogens is 1. The molecule has 0 atom stereocenters. The maximum absolute atomic E-state index is 5.79. The van der Waals surface area contributed by atoms with Gasteiger partial charge in [0.25, 0.3) is 0 Å². The van der Waals surface area contributed by atoms with Crippen LogP contribution < -0.4 is 5.73 Å². The minimum absolute atomic E-state index is 0.385. The quantitative estimate of drug-likeness (QED) is 0.798. The molecule has 3 N–H and O–H groups in total. The normalized spacial score (nSPS) is 10.6. The summed E-state index contributed by atoms with van der Waals surface area (Å²) in [4.78, 5) is 8.46. The van der Waals surface area contributed by atoms with Crippen molar-refractivity contribution in [2.24, 2.45) is 0 Å². The van der Waals surface area contributed by atoms with E-state index in [1.54, 1.807) is 7.11 Å². The summed E-state index contributed by atoms with van der Waals surface area (Å²) in [5.41, 5.74) is 7.09. The van der Waals surface area contributed by atoms with Crippen LogP contribution in [0.2, 0.25) is 0 Å². The molecule has 0 unspecified atom stereocenters. The lowest BCUT2D eigenvalue weighted by Crippen LogP contribution is -2.06. The molecule has 2 aromatic heterocycles. The highest BCUT2D eigenvalue weighted by atomic mass is 127. The summed E-state index contributed by atoms with van der Waals surface area (Å²) >= 11 is 2.09. The van der Waals surface area contributed by atoms with Gasteiger partial charge in [-0.3, -0.25) is 0 Å². The predicted octanol–water partition coefficient (Wildman–Crippen LogP) is 0.595. The van der Waals surface area contributed by atoms with Gasteiger partial charge in [-0.05, 0) is 22.6 Å². The van der Waals surface area contributed by atoms with Crippen LogP contribution in [-0.2, 0) is 11.3 Å². The number of rotatable bonds is 3. The Labute approximate surface area is 105 Å². The number of methoxy groups -OCH3 is 1. The zero-order valence-electron chi connectivity index (χ0n) is 8.44. The Kier molecular flexibility index (Phi) is 3.29. The molecular formula is C8H9IN6O. The second kappa shape index (κ2) is 4.70. The fourth-order valence-electron chi connectivity index (χ4n) is 1.17. The SMILES string of the molecule is COCc1nc(-c2cn[nH]n2)nc(N)c1I. The van der Waals surface area contributed by atoms with Crippen LogP contribution in [0.25, 0.3) is 11.5 Å². The lowest BCUT2D eigenvalue weighted by atomic mass is 10.3. The molecule has 0 bridgehead atoms. The zero-order chi connectivity index (χ0) is 11.5. The van der Waals surface area contributed by atoms with E-state index in [0.717, 1.165) is 9.26 Å². The van der Waals surface area contributed by atoms with Crippen molar-refractivity contribution in [3.05, 3.63) is 15.5 Å². The molecule has 2 rings (SSSR count). The van der Waals surface area contributed by atoms with E-state index in [0.29, 0.717) is 23.9 Å². The van der Waals surface area contributed by atoms with Gasteiger partial charge < -0.3 is 10.5 Å². The van der Waals surface area contributed by atoms with Gasteiger partial charge in [0, 0.05) is 7.11 Å². The summed E-state index contributed by atoms with van der Waals surface area (Å²) in [6.45, 7) is 0.385. The second-order valence-electron chi connectivity index (χ2n) is 2.98. The smallest absolute Gasteiger partial charge is 0.184 e. The third kappa shape index (κ3) is 2.11. The molecule has 0 saturated heterocycles. The molecule has 0 saturated carbocycles. The molecule has 0 aliphatic carbocycles. The number of hydrogen-bond donors (Lipinski definition) is 2. The summed E-state index contributed by atoms with van der Waals surface area (Å²) < 4.78 is 5.84. The van der Waals surface area contributed by atoms with E-state index in [-0.39, 0.29) is 0 Å². The fraction of sp³-hybridized carbons (Fsp3) is 0.250. The molecule has 0 aliphatic heterocycles. The number of aromatic nitrogens is 5. The van der Waals surface area contributed by atoms with Crippen molar-refractivity contribution < 1.29 is 4.74 Å². The van der Waals surface area contributed by atoms with Crippen molar-refractivity contribution in [2.75, 3.05) is 12.8 Å². The Balaban J connectivity index is 2.48. The van der Waals surface area contributed by atoms with Crippen LogP contribution in [0.4, 0.5) is 5.82 Å². The van der Waals surface area contributed by atoms with Crippen LogP contribution in [0.3, 0.4) is 0 Å². The molecule has 0 fully saturated rings.